The van der Waals surface area contributed by atoms with Crippen LogP contribution < -0.4 is 5.73 Å². The molecule has 1 aliphatic heterocycles. The highest BCUT2D eigenvalue weighted by Gasteiger charge is 2.54. The van der Waals surface area contributed by atoms with Crippen LogP contribution in [0, 0.1) is 12.3 Å². The third kappa shape index (κ3) is 1.78. The van der Waals surface area contributed by atoms with E-state index in [2.05, 4.69) is 21.0 Å². The monoisotopic (exact) mass is 291 g/mol. The summed E-state index contributed by atoms with van der Waals surface area (Å²) in [6.07, 6.45) is 4.14. The molecule has 0 spiro atoms. The van der Waals surface area contributed by atoms with Crippen molar-refractivity contribution in [3.8, 4) is 12.3 Å². The molecular formula is C12H13N5O4. The van der Waals surface area contributed by atoms with Gasteiger partial charge in [0.2, 0.25) is 0 Å². The van der Waals surface area contributed by atoms with Crippen molar-refractivity contribution in [3.05, 3.63) is 18.2 Å². The predicted octanol–water partition coefficient (Wildman–Crippen LogP) is -2.14. The Bertz CT molecular complexity index is 726. The summed E-state index contributed by atoms with van der Waals surface area (Å²) in [5.74, 6) is 2.35. The van der Waals surface area contributed by atoms with Gasteiger partial charge in [0, 0.05) is 0 Å². The number of aliphatic hydroxyl groups excluding tert-OH is 3. The van der Waals surface area contributed by atoms with E-state index in [0.717, 1.165) is 0 Å². The molecule has 0 radical (unpaired) electrons. The number of hydrogen-bond acceptors (Lipinski definition) is 8. The molecule has 9 heteroatoms. The first-order chi connectivity index (χ1) is 10.0. The molecule has 0 aliphatic carbocycles. The zero-order valence-electron chi connectivity index (χ0n) is 10.8. The lowest BCUT2D eigenvalue weighted by Crippen LogP contribution is -2.44. The Balaban J connectivity index is 2.08. The van der Waals surface area contributed by atoms with E-state index >= 15 is 0 Å². The molecular weight excluding hydrogens is 278 g/mol. The number of aromatic nitrogens is 4. The highest BCUT2D eigenvalue weighted by molar-refractivity contribution is 5.58. The Morgan fingerprint density at radius 3 is 2.86 bits per heavy atom. The van der Waals surface area contributed by atoms with E-state index in [-0.39, 0.29) is 5.82 Å². The number of nitrogens with zero attached hydrogens (tertiary/aromatic N) is 4. The lowest BCUT2D eigenvalue weighted by molar-refractivity contribution is -0.0732. The smallest absolute Gasteiger partial charge is 0.196 e. The van der Waals surface area contributed by atoms with E-state index < -0.39 is 30.5 Å². The van der Waals surface area contributed by atoms with Crippen molar-refractivity contribution in [3.63, 3.8) is 0 Å². The van der Waals surface area contributed by atoms with Gasteiger partial charge in [-0.25, -0.2) is 14.5 Å². The van der Waals surface area contributed by atoms with Crippen LogP contribution in [0.25, 0.3) is 5.65 Å². The molecule has 3 rings (SSSR count). The Hall–Kier alpha value is -2.25. The van der Waals surface area contributed by atoms with E-state index in [9.17, 15) is 15.3 Å². The highest BCUT2D eigenvalue weighted by Crippen LogP contribution is 2.39. The summed E-state index contributed by atoms with van der Waals surface area (Å²) in [6.45, 7) is -0.633. The van der Waals surface area contributed by atoms with Crippen molar-refractivity contribution in [2.24, 2.45) is 0 Å². The number of hydrogen-bond donors (Lipinski definition) is 4. The standard InChI is InChI=1S/C12H13N5O4/c1-2-12(4-18)9(20)7(19)8(21-12)6-3-14-11-10(13)15-5-16-17(6)11/h1,3,5,7-9,18-20H,4H2,(H2,13,15,16)/t7-,8+,9?,12-/m1/s1. The molecule has 110 valence electrons. The van der Waals surface area contributed by atoms with Crippen LogP contribution in [0.5, 0.6) is 0 Å². The topological polar surface area (TPSA) is 139 Å². The molecule has 0 aromatic carbocycles. The minimum atomic E-state index is -1.67. The fraction of sp³-hybridized carbons (Fsp3) is 0.417. The van der Waals surface area contributed by atoms with Gasteiger partial charge in [-0.05, 0) is 0 Å². The van der Waals surface area contributed by atoms with Gasteiger partial charge in [0.15, 0.2) is 17.1 Å². The lowest BCUT2D eigenvalue weighted by Gasteiger charge is -2.23. The average molecular weight is 291 g/mol. The summed E-state index contributed by atoms with van der Waals surface area (Å²) in [5, 5.41) is 33.6. The van der Waals surface area contributed by atoms with Gasteiger partial charge in [0.25, 0.3) is 0 Å². The summed E-state index contributed by atoms with van der Waals surface area (Å²) in [6, 6.07) is 0. The van der Waals surface area contributed by atoms with Crippen LogP contribution in [0.4, 0.5) is 5.82 Å². The van der Waals surface area contributed by atoms with Crippen LogP contribution in [0.1, 0.15) is 11.8 Å². The second-order valence-electron chi connectivity index (χ2n) is 4.73. The van der Waals surface area contributed by atoms with Crippen LogP contribution in [-0.2, 0) is 4.74 Å². The average Bonchev–Trinajstić information content (AvgIpc) is 3.02. The zero-order valence-corrected chi connectivity index (χ0v) is 10.8. The second-order valence-corrected chi connectivity index (χ2v) is 4.73. The van der Waals surface area contributed by atoms with Crippen molar-refractivity contribution in [2.75, 3.05) is 12.3 Å². The van der Waals surface area contributed by atoms with Crippen LogP contribution >= 0.6 is 0 Å². The number of ether oxygens (including phenoxy) is 1. The fourth-order valence-electron chi connectivity index (χ4n) is 2.38. The second kappa shape index (κ2) is 4.64. The molecule has 1 saturated heterocycles. The number of nitrogen functional groups attached to an aromatic ring is 1. The summed E-state index contributed by atoms with van der Waals surface area (Å²) < 4.78 is 6.86. The number of nitrogens with two attached hydrogens (primary N) is 1. The maximum absolute atomic E-state index is 10.2. The molecule has 1 aliphatic rings. The van der Waals surface area contributed by atoms with Crippen molar-refractivity contribution in [1.82, 2.24) is 19.6 Å². The number of terminal acetylenes is 1. The minimum absolute atomic E-state index is 0.162. The number of fused-ring (bicyclic) bond motifs is 1. The van der Waals surface area contributed by atoms with Gasteiger partial charge in [-0.15, -0.1) is 6.42 Å². The largest absolute Gasteiger partial charge is 0.392 e. The minimum Gasteiger partial charge on any atom is -0.392 e. The molecule has 21 heavy (non-hydrogen) atoms. The number of imidazole rings is 1. The van der Waals surface area contributed by atoms with Crippen molar-refractivity contribution < 1.29 is 20.1 Å². The third-order valence-electron chi connectivity index (χ3n) is 3.58. The first kappa shape index (κ1) is 13.7. The Morgan fingerprint density at radius 2 is 2.24 bits per heavy atom. The van der Waals surface area contributed by atoms with Gasteiger partial charge in [0.1, 0.15) is 24.6 Å². The number of rotatable bonds is 2. The van der Waals surface area contributed by atoms with E-state index in [1.54, 1.807) is 0 Å². The van der Waals surface area contributed by atoms with Gasteiger partial charge >= 0.3 is 0 Å². The molecule has 0 saturated carbocycles. The van der Waals surface area contributed by atoms with E-state index in [1.807, 2.05) is 0 Å². The zero-order chi connectivity index (χ0) is 15.2. The Kier molecular flexibility index (Phi) is 3.03. The summed E-state index contributed by atoms with van der Waals surface area (Å²) in [7, 11) is 0. The number of anilines is 1. The van der Waals surface area contributed by atoms with Crippen LogP contribution in [-0.4, -0.2) is 59.3 Å². The van der Waals surface area contributed by atoms with Crippen LogP contribution in [0.3, 0.4) is 0 Å². The summed E-state index contributed by atoms with van der Waals surface area (Å²) in [4.78, 5) is 7.85. The van der Waals surface area contributed by atoms with Gasteiger partial charge in [-0.1, -0.05) is 5.92 Å². The van der Waals surface area contributed by atoms with Gasteiger partial charge in [0.05, 0.1) is 18.5 Å². The molecule has 5 N–H and O–H groups in total. The third-order valence-corrected chi connectivity index (χ3v) is 3.58. The molecule has 0 bridgehead atoms. The first-order valence-corrected chi connectivity index (χ1v) is 6.11. The molecule has 4 atom stereocenters. The molecule has 2 aromatic rings. The first-order valence-electron chi connectivity index (χ1n) is 6.11. The van der Waals surface area contributed by atoms with Crippen molar-refractivity contribution in [1.29, 1.82) is 0 Å². The van der Waals surface area contributed by atoms with Gasteiger partial charge < -0.3 is 25.8 Å². The Labute approximate surface area is 119 Å². The molecule has 0 amide bonds. The summed E-state index contributed by atoms with van der Waals surface area (Å²) in [5.41, 5.74) is 4.64. The Morgan fingerprint density at radius 1 is 1.48 bits per heavy atom. The molecule has 3 heterocycles. The molecule has 2 aromatic heterocycles. The summed E-state index contributed by atoms with van der Waals surface area (Å²) >= 11 is 0. The van der Waals surface area contributed by atoms with E-state index in [1.165, 1.54) is 17.0 Å². The van der Waals surface area contributed by atoms with Gasteiger partial charge in [-0.3, -0.25) is 0 Å². The van der Waals surface area contributed by atoms with Crippen LogP contribution in [0.2, 0.25) is 0 Å². The van der Waals surface area contributed by atoms with Gasteiger partial charge in [-0.2, -0.15) is 5.10 Å². The quantitative estimate of drug-likeness (QED) is 0.460. The van der Waals surface area contributed by atoms with Crippen molar-refractivity contribution >= 4 is 11.5 Å². The number of aliphatic hydroxyl groups is 3. The molecule has 1 unspecified atom stereocenters. The van der Waals surface area contributed by atoms with Crippen LogP contribution in [0.15, 0.2) is 12.5 Å². The maximum Gasteiger partial charge on any atom is 0.196 e. The normalized spacial score (nSPS) is 32.4. The fourth-order valence-corrected chi connectivity index (χ4v) is 2.38. The lowest BCUT2D eigenvalue weighted by atomic mass is 9.96. The predicted molar refractivity (Wildman–Crippen MR) is 69.7 cm³/mol. The van der Waals surface area contributed by atoms with E-state index in [0.29, 0.717) is 11.3 Å². The van der Waals surface area contributed by atoms with E-state index in [4.69, 9.17) is 16.9 Å². The highest BCUT2D eigenvalue weighted by atomic mass is 16.6. The maximum atomic E-state index is 10.2. The van der Waals surface area contributed by atoms with Crippen molar-refractivity contribution in [2.45, 2.75) is 23.9 Å². The molecule has 9 nitrogen and oxygen atoms in total. The SMILES string of the molecule is C#C[C@]1(CO)O[C@@H](c2cnc3c(N)ncnn23)[C@@H](O)C1O. The molecule has 1 fully saturated rings.